The molecule has 0 saturated heterocycles. The van der Waals surface area contributed by atoms with Crippen molar-refractivity contribution in [3.63, 3.8) is 0 Å². The summed E-state index contributed by atoms with van der Waals surface area (Å²) in [6.45, 7) is 7.34. The molecule has 0 aliphatic heterocycles. The average Bonchev–Trinajstić information content (AvgIpc) is 3.05. The summed E-state index contributed by atoms with van der Waals surface area (Å²) in [5.41, 5.74) is 2.19. The van der Waals surface area contributed by atoms with Crippen LogP contribution in [0.3, 0.4) is 0 Å². The average molecular weight is 448 g/mol. The molecule has 2 aromatic carbocycles. The van der Waals surface area contributed by atoms with Crippen molar-refractivity contribution < 1.29 is 17.9 Å². The lowest BCUT2D eigenvalue weighted by atomic mass is 10.0. The Morgan fingerprint density at radius 1 is 1.13 bits per heavy atom. The number of ether oxygens (including phenoxy) is 1. The number of aryl methyl sites for hydroxylation is 2. The van der Waals surface area contributed by atoms with Crippen molar-refractivity contribution in [1.29, 1.82) is 0 Å². The van der Waals surface area contributed by atoms with Crippen LogP contribution >= 0.6 is 11.3 Å². The van der Waals surface area contributed by atoms with Crippen LogP contribution in [0.25, 0.3) is 10.2 Å². The first-order chi connectivity index (χ1) is 14.1. The number of carbonyl (C=O) groups excluding carboxylic acids is 1. The van der Waals surface area contributed by atoms with Gasteiger partial charge in [0, 0.05) is 0 Å². The highest BCUT2D eigenvalue weighted by Gasteiger charge is 2.29. The maximum atomic E-state index is 13.0. The molecule has 3 aromatic rings. The number of fused-ring (bicyclic) bond motifs is 1. The lowest BCUT2D eigenvalue weighted by molar-refractivity contribution is -0.118. The van der Waals surface area contributed by atoms with Crippen molar-refractivity contribution in [1.82, 2.24) is 9.71 Å². The molecule has 3 rings (SSSR count). The lowest BCUT2D eigenvalue weighted by Crippen LogP contribution is -2.47. The number of hydrogen-bond acceptors (Lipinski definition) is 6. The zero-order valence-electron chi connectivity index (χ0n) is 17.5. The predicted octanol–water partition coefficient (Wildman–Crippen LogP) is 3.86. The van der Waals surface area contributed by atoms with Gasteiger partial charge in [0.25, 0.3) is 0 Å². The van der Waals surface area contributed by atoms with Crippen molar-refractivity contribution in [2.75, 3.05) is 12.4 Å². The minimum atomic E-state index is -3.91. The SMILES string of the molecule is COc1ccc(C)cc1NC(=O)[C@@H](NS(=O)(=O)c1ccc2nc(C)sc2c1)C(C)C. The van der Waals surface area contributed by atoms with Crippen LogP contribution in [0.15, 0.2) is 41.3 Å². The summed E-state index contributed by atoms with van der Waals surface area (Å²) in [6, 6.07) is 9.21. The van der Waals surface area contributed by atoms with E-state index in [2.05, 4.69) is 15.0 Å². The standard InChI is InChI=1S/C21H25N3O4S2/c1-12(2)20(21(25)23-17-10-13(3)6-9-18(17)28-5)24-30(26,27)15-7-8-16-19(11-15)29-14(4)22-16/h6-12,20,24H,1-5H3,(H,23,25)/t20-/m0/s1. The van der Waals surface area contributed by atoms with Gasteiger partial charge >= 0.3 is 0 Å². The number of nitrogens with zero attached hydrogens (tertiary/aromatic N) is 1. The molecule has 0 bridgehead atoms. The third-order valence-electron chi connectivity index (χ3n) is 4.62. The normalized spacial score (nSPS) is 12.9. The van der Waals surface area contributed by atoms with Crippen LogP contribution in [-0.2, 0) is 14.8 Å². The van der Waals surface area contributed by atoms with Gasteiger partial charge in [-0.1, -0.05) is 19.9 Å². The summed E-state index contributed by atoms with van der Waals surface area (Å²) >= 11 is 1.42. The molecule has 0 fully saturated rings. The predicted molar refractivity (Wildman–Crippen MR) is 120 cm³/mol. The van der Waals surface area contributed by atoms with E-state index >= 15 is 0 Å². The second kappa shape index (κ2) is 8.71. The fourth-order valence-corrected chi connectivity index (χ4v) is 5.36. The first-order valence-corrected chi connectivity index (χ1v) is 11.8. The minimum absolute atomic E-state index is 0.102. The van der Waals surface area contributed by atoms with Gasteiger partial charge in [0.2, 0.25) is 15.9 Å². The monoisotopic (exact) mass is 447 g/mol. The number of hydrogen-bond donors (Lipinski definition) is 2. The highest BCUT2D eigenvalue weighted by Crippen LogP contribution is 2.27. The maximum Gasteiger partial charge on any atom is 0.242 e. The maximum absolute atomic E-state index is 13.0. The van der Waals surface area contributed by atoms with Gasteiger partial charge in [0.05, 0.1) is 32.9 Å². The van der Waals surface area contributed by atoms with E-state index in [0.29, 0.717) is 11.4 Å². The van der Waals surface area contributed by atoms with Gasteiger partial charge in [-0.25, -0.2) is 13.4 Å². The molecular weight excluding hydrogens is 422 g/mol. The molecule has 1 aromatic heterocycles. The number of methoxy groups -OCH3 is 1. The first-order valence-electron chi connectivity index (χ1n) is 9.45. The van der Waals surface area contributed by atoms with Gasteiger partial charge in [0.15, 0.2) is 0 Å². The van der Waals surface area contributed by atoms with Crippen LogP contribution < -0.4 is 14.8 Å². The Hall–Kier alpha value is -2.49. The Labute approximate surface area is 180 Å². The third-order valence-corrected chi connectivity index (χ3v) is 6.99. The summed E-state index contributed by atoms with van der Waals surface area (Å²) in [5.74, 6) is -0.220. The number of amides is 1. The highest BCUT2D eigenvalue weighted by molar-refractivity contribution is 7.89. The fraction of sp³-hybridized carbons (Fsp3) is 0.333. The van der Waals surface area contributed by atoms with E-state index in [1.54, 1.807) is 38.1 Å². The molecule has 0 aliphatic rings. The zero-order valence-corrected chi connectivity index (χ0v) is 19.1. The Bertz CT molecular complexity index is 1190. The summed E-state index contributed by atoms with van der Waals surface area (Å²) in [5, 5.41) is 3.65. The van der Waals surface area contributed by atoms with Crippen LogP contribution in [0.1, 0.15) is 24.4 Å². The number of anilines is 1. The molecule has 1 heterocycles. The van der Waals surface area contributed by atoms with Crippen molar-refractivity contribution in [2.24, 2.45) is 5.92 Å². The quantitative estimate of drug-likeness (QED) is 0.573. The molecule has 7 nitrogen and oxygen atoms in total. The van der Waals surface area contributed by atoms with Crippen molar-refractivity contribution in [2.45, 2.75) is 38.6 Å². The van der Waals surface area contributed by atoms with E-state index in [9.17, 15) is 13.2 Å². The first kappa shape index (κ1) is 22.2. The van der Waals surface area contributed by atoms with Gasteiger partial charge in [-0.15, -0.1) is 11.3 Å². The van der Waals surface area contributed by atoms with E-state index in [0.717, 1.165) is 20.8 Å². The number of aromatic nitrogens is 1. The van der Waals surface area contributed by atoms with Crippen LogP contribution in [0, 0.1) is 19.8 Å². The molecule has 1 atom stereocenters. The van der Waals surface area contributed by atoms with Crippen LogP contribution in [0.5, 0.6) is 5.75 Å². The summed E-state index contributed by atoms with van der Waals surface area (Å²) in [7, 11) is -2.40. The molecule has 0 saturated carbocycles. The molecule has 0 radical (unpaired) electrons. The molecule has 9 heteroatoms. The topological polar surface area (TPSA) is 97.4 Å². The Morgan fingerprint density at radius 2 is 1.87 bits per heavy atom. The van der Waals surface area contributed by atoms with E-state index in [1.165, 1.54) is 24.5 Å². The van der Waals surface area contributed by atoms with Gasteiger partial charge in [-0.05, 0) is 55.7 Å². The summed E-state index contributed by atoms with van der Waals surface area (Å²) in [4.78, 5) is 17.4. The van der Waals surface area contributed by atoms with Gasteiger partial charge < -0.3 is 10.1 Å². The van der Waals surface area contributed by atoms with Crippen molar-refractivity contribution in [3.05, 3.63) is 47.0 Å². The zero-order chi connectivity index (χ0) is 22.1. The van der Waals surface area contributed by atoms with Gasteiger partial charge in [0.1, 0.15) is 11.8 Å². The van der Waals surface area contributed by atoms with E-state index < -0.39 is 22.0 Å². The van der Waals surface area contributed by atoms with E-state index in [-0.39, 0.29) is 10.8 Å². The van der Waals surface area contributed by atoms with E-state index in [1.807, 2.05) is 19.9 Å². The number of rotatable bonds is 7. The molecule has 160 valence electrons. The minimum Gasteiger partial charge on any atom is -0.495 e. The number of nitrogens with one attached hydrogen (secondary N) is 2. The summed E-state index contributed by atoms with van der Waals surface area (Å²) in [6.07, 6.45) is 0. The molecule has 30 heavy (non-hydrogen) atoms. The highest BCUT2D eigenvalue weighted by atomic mass is 32.2. The second-order valence-electron chi connectivity index (χ2n) is 7.40. The molecule has 0 spiro atoms. The number of benzene rings is 2. The van der Waals surface area contributed by atoms with Gasteiger partial charge in [-0.3, -0.25) is 4.79 Å². The number of thiazole rings is 1. The fourth-order valence-electron chi connectivity index (χ4n) is 3.04. The molecule has 0 aliphatic carbocycles. The Morgan fingerprint density at radius 3 is 2.53 bits per heavy atom. The largest absolute Gasteiger partial charge is 0.495 e. The second-order valence-corrected chi connectivity index (χ2v) is 10.3. The van der Waals surface area contributed by atoms with Gasteiger partial charge in [-0.2, -0.15) is 4.72 Å². The van der Waals surface area contributed by atoms with Crippen molar-refractivity contribution in [3.8, 4) is 5.75 Å². The van der Waals surface area contributed by atoms with Crippen LogP contribution in [0.2, 0.25) is 0 Å². The molecular formula is C21H25N3O4S2. The lowest BCUT2D eigenvalue weighted by Gasteiger charge is -2.22. The summed E-state index contributed by atoms with van der Waals surface area (Å²) < 4.78 is 34.6. The molecule has 0 unspecified atom stereocenters. The Kier molecular flexibility index (Phi) is 6.44. The smallest absolute Gasteiger partial charge is 0.242 e. The third kappa shape index (κ3) is 4.80. The number of carbonyl (C=O) groups is 1. The van der Waals surface area contributed by atoms with Crippen LogP contribution in [0.4, 0.5) is 5.69 Å². The van der Waals surface area contributed by atoms with Crippen LogP contribution in [-0.4, -0.2) is 32.5 Å². The van der Waals surface area contributed by atoms with Crippen molar-refractivity contribution >= 4 is 43.2 Å². The molecule has 2 N–H and O–H groups in total. The molecule has 1 amide bonds. The van der Waals surface area contributed by atoms with E-state index in [4.69, 9.17) is 4.74 Å². The Balaban J connectivity index is 1.86. The number of sulfonamides is 1.